The molecule has 2 fully saturated rings. The zero-order chi connectivity index (χ0) is 15.8. The van der Waals surface area contributed by atoms with Gasteiger partial charge in [0.2, 0.25) is 0 Å². The van der Waals surface area contributed by atoms with Crippen LogP contribution in [0.1, 0.15) is 39.0 Å². The van der Waals surface area contributed by atoms with Gasteiger partial charge in [-0.2, -0.15) is 0 Å². The van der Waals surface area contributed by atoms with Crippen molar-refractivity contribution >= 4 is 5.96 Å². The van der Waals surface area contributed by atoms with Crippen molar-refractivity contribution in [1.29, 1.82) is 0 Å². The summed E-state index contributed by atoms with van der Waals surface area (Å²) in [4.78, 5) is 9.45. The van der Waals surface area contributed by atoms with Crippen molar-refractivity contribution in [3.63, 3.8) is 0 Å². The fourth-order valence-corrected chi connectivity index (χ4v) is 3.70. The molecule has 128 valence electrons. The number of aliphatic imine (C=N–C) groups is 1. The first kappa shape index (κ1) is 17.5. The van der Waals surface area contributed by atoms with Gasteiger partial charge in [-0.25, -0.2) is 0 Å². The molecule has 2 atom stereocenters. The number of ether oxygens (including phenoxy) is 1. The molecule has 2 saturated heterocycles. The molecule has 0 aromatic carbocycles. The maximum Gasteiger partial charge on any atom is 0.193 e. The molecule has 0 saturated carbocycles. The number of nitrogens with zero attached hydrogens (tertiary/aromatic N) is 3. The van der Waals surface area contributed by atoms with Crippen molar-refractivity contribution in [2.24, 2.45) is 10.9 Å². The molecule has 2 rings (SSSR count). The maximum absolute atomic E-state index is 5.27. The highest BCUT2D eigenvalue weighted by Crippen LogP contribution is 2.17. The highest BCUT2D eigenvalue weighted by Gasteiger charge is 2.24. The molecule has 1 N–H and O–H groups in total. The van der Waals surface area contributed by atoms with Gasteiger partial charge in [0.25, 0.3) is 0 Å². The average molecular weight is 310 g/mol. The van der Waals surface area contributed by atoms with Gasteiger partial charge in [0.05, 0.1) is 6.61 Å². The third kappa shape index (κ3) is 5.13. The summed E-state index contributed by atoms with van der Waals surface area (Å²) in [6.07, 6.45) is 6.54. The Kier molecular flexibility index (Phi) is 7.46. The fraction of sp³-hybridized carbons (Fsp3) is 0.941. The van der Waals surface area contributed by atoms with E-state index in [1.54, 1.807) is 7.11 Å². The second-order valence-corrected chi connectivity index (χ2v) is 6.76. The number of nitrogens with one attached hydrogen (secondary N) is 1. The molecule has 0 amide bonds. The van der Waals surface area contributed by atoms with E-state index in [-0.39, 0.29) is 0 Å². The second-order valence-electron chi connectivity index (χ2n) is 6.76. The Morgan fingerprint density at radius 2 is 2.14 bits per heavy atom. The zero-order valence-corrected chi connectivity index (χ0v) is 14.7. The summed E-state index contributed by atoms with van der Waals surface area (Å²) in [5.41, 5.74) is 0. The minimum absolute atomic E-state index is 0.651. The van der Waals surface area contributed by atoms with E-state index >= 15 is 0 Å². The van der Waals surface area contributed by atoms with Gasteiger partial charge < -0.3 is 19.9 Å². The van der Waals surface area contributed by atoms with Crippen molar-refractivity contribution in [3.8, 4) is 0 Å². The highest BCUT2D eigenvalue weighted by atomic mass is 16.5. The summed E-state index contributed by atoms with van der Waals surface area (Å²) < 4.78 is 5.27. The number of hydrogen-bond acceptors (Lipinski definition) is 3. The normalized spacial score (nSPS) is 27.4. The van der Waals surface area contributed by atoms with Crippen LogP contribution >= 0.6 is 0 Å². The minimum atomic E-state index is 0.651. The van der Waals surface area contributed by atoms with Crippen LogP contribution in [-0.4, -0.2) is 75.3 Å². The van der Waals surface area contributed by atoms with Gasteiger partial charge in [-0.05, 0) is 39.2 Å². The molecule has 5 nitrogen and oxygen atoms in total. The number of likely N-dealkylation sites (tertiary alicyclic amines) is 2. The number of guanidine groups is 1. The fourth-order valence-electron chi connectivity index (χ4n) is 3.70. The molecule has 0 spiro atoms. The Morgan fingerprint density at radius 1 is 1.27 bits per heavy atom. The Bertz CT molecular complexity index is 348. The van der Waals surface area contributed by atoms with E-state index in [1.165, 1.54) is 45.2 Å². The van der Waals surface area contributed by atoms with Crippen molar-refractivity contribution in [3.05, 3.63) is 0 Å². The Labute approximate surface area is 136 Å². The molecule has 0 bridgehead atoms. The lowest BCUT2D eigenvalue weighted by Gasteiger charge is -2.33. The molecular weight excluding hydrogens is 276 g/mol. The maximum atomic E-state index is 5.27. The summed E-state index contributed by atoms with van der Waals surface area (Å²) in [5.74, 6) is 1.71. The molecule has 2 aliphatic heterocycles. The Balaban J connectivity index is 1.64. The highest BCUT2D eigenvalue weighted by molar-refractivity contribution is 5.80. The molecule has 0 aliphatic carbocycles. The van der Waals surface area contributed by atoms with E-state index in [0.717, 1.165) is 38.2 Å². The average Bonchev–Trinajstić information content (AvgIpc) is 2.98. The smallest absolute Gasteiger partial charge is 0.193 e. The topological polar surface area (TPSA) is 40.1 Å². The number of methoxy groups -OCH3 is 1. The molecule has 0 aromatic heterocycles. The van der Waals surface area contributed by atoms with E-state index in [1.807, 2.05) is 7.05 Å². The van der Waals surface area contributed by atoms with E-state index in [2.05, 4.69) is 27.0 Å². The molecule has 2 heterocycles. The summed E-state index contributed by atoms with van der Waals surface area (Å²) in [6.45, 7) is 8.89. The van der Waals surface area contributed by atoms with Gasteiger partial charge in [-0.3, -0.25) is 4.99 Å². The molecule has 0 radical (unpaired) electrons. The van der Waals surface area contributed by atoms with Crippen LogP contribution in [0.3, 0.4) is 0 Å². The van der Waals surface area contributed by atoms with Crippen molar-refractivity contribution in [2.45, 2.75) is 45.1 Å². The first-order valence-electron chi connectivity index (χ1n) is 8.93. The summed E-state index contributed by atoms with van der Waals surface area (Å²) in [7, 11) is 3.68. The van der Waals surface area contributed by atoms with Gasteiger partial charge in [-0.15, -0.1) is 0 Å². The summed E-state index contributed by atoms with van der Waals surface area (Å²) >= 11 is 0. The van der Waals surface area contributed by atoms with Crippen LogP contribution in [0.25, 0.3) is 0 Å². The van der Waals surface area contributed by atoms with Crippen molar-refractivity contribution in [2.75, 3.05) is 53.5 Å². The molecule has 5 heteroatoms. The predicted octanol–water partition coefficient (Wildman–Crippen LogP) is 1.79. The number of piperidine rings is 1. The predicted molar refractivity (Wildman–Crippen MR) is 92.4 cm³/mol. The van der Waals surface area contributed by atoms with E-state index < -0.39 is 0 Å². The van der Waals surface area contributed by atoms with Gasteiger partial charge in [-0.1, -0.05) is 6.42 Å². The molecule has 22 heavy (non-hydrogen) atoms. The molecule has 0 aromatic rings. The van der Waals surface area contributed by atoms with Crippen LogP contribution in [0.4, 0.5) is 0 Å². The standard InChI is InChI=1S/C17H34N4O/c1-15-7-4-5-10-20(15)11-6-9-19-17(18-2)21-12-8-16(13-21)14-22-3/h15-16H,4-14H2,1-3H3,(H,18,19). The summed E-state index contributed by atoms with van der Waals surface area (Å²) in [5, 5.41) is 3.54. The quantitative estimate of drug-likeness (QED) is 0.461. The van der Waals surface area contributed by atoms with Gasteiger partial charge in [0.1, 0.15) is 0 Å². The van der Waals surface area contributed by atoms with Crippen LogP contribution < -0.4 is 5.32 Å². The van der Waals surface area contributed by atoms with E-state index in [4.69, 9.17) is 4.74 Å². The molecule has 2 aliphatic rings. The Hall–Kier alpha value is -0.810. The third-order valence-corrected chi connectivity index (χ3v) is 5.05. The lowest BCUT2D eigenvalue weighted by atomic mass is 10.0. The monoisotopic (exact) mass is 310 g/mol. The van der Waals surface area contributed by atoms with Crippen LogP contribution in [0.2, 0.25) is 0 Å². The van der Waals surface area contributed by atoms with Gasteiger partial charge in [0.15, 0.2) is 5.96 Å². The summed E-state index contributed by atoms with van der Waals surface area (Å²) in [6, 6.07) is 0.765. The molecular formula is C17H34N4O. The lowest BCUT2D eigenvalue weighted by Crippen LogP contribution is -2.42. The third-order valence-electron chi connectivity index (χ3n) is 5.05. The number of hydrogen-bond donors (Lipinski definition) is 1. The first-order valence-corrected chi connectivity index (χ1v) is 8.93. The van der Waals surface area contributed by atoms with Crippen LogP contribution in [0.15, 0.2) is 4.99 Å². The molecule has 2 unspecified atom stereocenters. The van der Waals surface area contributed by atoms with Crippen LogP contribution in [-0.2, 0) is 4.74 Å². The van der Waals surface area contributed by atoms with E-state index in [0.29, 0.717) is 5.92 Å². The largest absolute Gasteiger partial charge is 0.384 e. The lowest BCUT2D eigenvalue weighted by molar-refractivity contribution is 0.157. The second kappa shape index (κ2) is 9.36. The van der Waals surface area contributed by atoms with Gasteiger partial charge >= 0.3 is 0 Å². The van der Waals surface area contributed by atoms with Crippen LogP contribution in [0, 0.1) is 5.92 Å². The first-order chi connectivity index (χ1) is 10.7. The number of rotatable bonds is 6. The SMILES string of the molecule is CN=C(NCCCN1CCCCC1C)N1CCC(COC)C1. The zero-order valence-electron chi connectivity index (χ0n) is 14.7. The van der Waals surface area contributed by atoms with E-state index in [9.17, 15) is 0 Å². The minimum Gasteiger partial charge on any atom is -0.384 e. The van der Waals surface area contributed by atoms with Crippen molar-refractivity contribution < 1.29 is 4.74 Å². The Morgan fingerprint density at radius 3 is 2.86 bits per heavy atom. The van der Waals surface area contributed by atoms with Gasteiger partial charge in [0, 0.05) is 52.3 Å². The van der Waals surface area contributed by atoms with Crippen molar-refractivity contribution in [1.82, 2.24) is 15.1 Å². The van der Waals surface area contributed by atoms with Crippen LogP contribution in [0.5, 0.6) is 0 Å².